The number of rotatable bonds is 48. The van der Waals surface area contributed by atoms with E-state index < -0.39 is 6.16 Å². The van der Waals surface area contributed by atoms with E-state index in [0.29, 0.717) is 69.9 Å². The first-order valence-corrected chi connectivity index (χ1v) is 43.5. The number of carbonyl (C=O) groups excluding carboxylic acids is 1. The zero-order valence-electron chi connectivity index (χ0n) is 68.7. The van der Waals surface area contributed by atoms with Crippen LogP contribution in [-0.2, 0) is 0 Å². The van der Waals surface area contributed by atoms with Crippen molar-refractivity contribution in [3.8, 4) is 0 Å². The lowest BCUT2D eigenvalue weighted by atomic mass is 10.1. The lowest BCUT2D eigenvalue weighted by Gasteiger charge is -2.39. The number of para-hydroxylation sites is 6. The van der Waals surface area contributed by atoms with Crippen molar-refractivity contribution in [3.63, 3.8) is 0 Å². The van der Waals surface area contributed by atoms with E-state index >= 15 is 0 Å². The van der Waals surface area contributed by atoms with E-state index in [1.54, 1.807) is 0 Å². The Morgan fingerprint density at radius 1 is 0.259 bits per heavy atom. The van der Waals surface area contributed by atoms with Crippen LogP contribution in [0.25, 0.3) is 0 Å². The first kappa shape index (κ1) is 101. The minimum absolute atomic E-state index is 0.601. The number of carbonyl (C=O) groups is 1. The molecular formula is C87H138N16O3S6. The summed E-state index contributed by atoms with van der Waals surface area (Å²) in [6, 6.07) is 59.3. The number of nitrogens with zero attached hydrogens (tertiary/aromatic N) is 4. The van der Waals surface area contributed by atoms with Crippen molar-refractivity contribution in [2.75, 3.05) is 163 Å². The second kappa shape index (κ2) is 67.0. The smallest absolute Gasteiger partial charge is 0.170 e. The normalized spacial score (nSPS) is 10.7. The predicted octanol–water partition coefficient (Wildman–Crippen LogP) is 16.1. The number of nitrogens with one attached hydrogen (secondary N) is 12. The van der Waals surface area contributed by atoms with Gasteiger partial charge in [-0.05, 0) is 204 Å². The van der Waals surface area contributed by atoms with Crippen LogP contribution in [0.4, 0.5) is 38.9 Å². The van der Waals surface area contributed by atoms with Gasteiger partial charge >= 0.3 is 0 Å². The Morgan fingerprint density at radius 3 is 0.500 bits per heavy atom. The highest BCUT2D eigenvalue weighted by Gasteiger charge is 2.26. The number of hydrogen-bond acceptors (Lipinski definition) is 11. The van der Waals surface area contributed by atoms with Crippen LogP contribution in [0.5, 0.6) is 0 Å². The summed E-state index contributed by atoms with van der Waals surface area (Å²) in [4.78, 5) is 13.0. The molecule has 6 aromatic rings. The van der Waals surface area contributed by atoms with Crippen LogP contribution in [-0.4, -0.2) is 186 Å². The third-order valence-corrected chi connectivity index (χ3v) is 19.8. The molecule has 0 unspecified atom stereocenters. The SMILES string of the molecule is CCCC[N+](CCCC)(CCCC)CCCC.CCCC[N+](CCCC)(CCCC)CCCC.O=C([O-])[O-].S=C(NCCN(CCNC(=S)Nc1ccccc1)CCNC(=S)Nc1ccccc1)Nc1ccccc1.S=C(NCCN(CCNC(=S)Nc1ccccc1)CCNC(=S)Nc1ccccc1)Nc1ccccc1. The van der Waals surface area contributed by atoms with Crippen LogP contribution in [0.3, 0.4) is 0 Å². The number of carboxylic acid groups (broad SMARTS) is 2. The molecule has 6 aromatic carbocycles. The minimum atomic E-state index is -2.33. The zero-order chi connectivity index (χ0) is 81.8. The molecule has 0 bridgehead atoms. The van der Waals surface area contributed by atoms with Crippen molar-refractivity contribution in [3.05, 3.63) is 182 Å². The summed E-state index contributed by atoms with van der Waals surface area (Å²) in [5.74, 6) is 0. The molecule has 0 amide bonds. The van der Waals surface area contributed by atoms with E-state index in [-0.39, 0.29) is 0 Å². The van der Waals surface area contributed by atoms with E-state index in [4.69, 9.17) is 88.3 Å². The molecule has 620 valence electrons. The molecule has 0 saturated carbocycles. The number of quaternary nitrogens is 2. The average Bonchev–Trinajstić information content (AvgIpc) is 0.872. The first-order valence-electron chi connectivity index (χ1n) is 41.0. The third kappa shape index (κ3) is 53.6. The van der Waals surface area contributed by atoms with Gasteiger partial charge in [0.15, 0.2) is 30.7 Å². The maximum Gasteiger partial charge on any atom is 0.170 e. The van der Waals surface area contributed by atoms with Crippen LogP contribution in [0.15, 0.2) is 182 Å². The van der Waals surface area contributed by atoms with Crippen molar-refractivity contribution >= 4 is 144 Å². The van der Waals surface area contributed by atoms with Gasteiger partial charge in [0.1, 0.15) is 0 Å². The number of benzene rings is 6. The molecule has 0 radical (unpaired) electrons. The van der Waals surface area contributed by atoms with Crippen LogP contribution < -0.4 is 74.0 Å². The minimum Gasteiger partial charge on any atom is -0.652 e. The highest BCUT2D eigenvalue weighted by molar-refractivity contribution is 7.81. The highest BCUT2D eigenvalue weighted by Crippen LogP contribution is 2.19. The summed E-state index contributed by atoms with van der Waals surface area (Å²) in [5.41, 5.74) is 5.77. The van der Waals surface area contributed by atoms with Crippen molar-refractivity contribution < 1.29 is 24.0 Å². The van der Waals surface area contributed by atoms with E-state index in [1.165, 1.54) is 164 Å². The summed E-state index contributed by atoms with van der Waals surface area (Å²) in [5, 5.41) is 59.2. The van der Waals surface area contributed by atoms with E-state index in [1.807, 2.05) is 182 Å². The molecule has 0 saturated heterocycles. The molecular weight excluding hydrogens is 1510 g/mol. The molecule has 0 spiro atoms. The van der Waals surface area contributed by atoms with Gasteiger partial charge in [-0.3, -0.25) is 9.80 Å². The summed E-state index contributed by atoms with van der Waals surface area (Å²) in [7, 11) is 0. The number of hydrogen-bond donors (Lipinski definition) is 12. The summed E-state index contributed by atoms with van der Waals surface area (Å²) < 4.78 is 2.84. The zero-order valence-corrected chi connectivity index (χ0v) is 73.6. The maximum absolute atomic E-state index is 8.33. The third-order valence-electron chi connectivity index (χ3n) is 18.4. The fraction of sp³-hybridized carbons (Fsp3) is 0.506. The van der Waals surface area contributed by atoms with Crippen molar-refractivity contribution in [1.29, 1.82) is 0 Å². The molecule has 0 atom stereocenters. The lowest BCUT2D eigenvalue weighted by molar-refractivity contribution is -0.929. The Balaban J connectivity index is 0.000000529. The van der Waals surface area contributed by atoms with Gasteiger partial charge in [-0.15, -0.1) is 0 Å². The van der Waals surface area contributed by atoms with Crippen LogP contribution >= 0.6 is 73.3 Å². The topological polar surface area (TPSA) is 214 Å². The molecule has 0 aliphatic heterocycles. The molecule has 0 aliphatic carbocycles. The summed E-state index contributed by atoms with van der Waals surface area (Å²) >= 11 is 32.6. The molecule has 0 aliphatic rings. The Hall–Kier alpha value is -7.43. The molecule has 112 heavy (non-hydrogen) atoms. The van der Waals surface area contributed by atoms with Crippen molar-refractivity contribution in [2.45, 2.75) is 158 Å². The average molecular weight is 1650 g/mol. The van der Waals surface area contributed by atoms with Gasteiger partial charge in [0.2, 0.25) is 0 Å². The number of unbranched alkanes of at least 4 members (excludes halogenated alkanes) is 8. The molecule has 6 rings (SSSR count). The molecule has 19 nitrogen and oxygen atoms in total. The Bertz CT molecular complexity index is 2770. The van der Waals surface area contributed by atoms with Gasteiger partial charge < -0.3 is 87.8 Å². The number of thiocarbonyl (C=S) groups is 6. The monoisotopic (exact) mass is 1650 g/mol. The van der Waals surface area contributed by atoms with Gasteiger partial charge in [0.05, 0.1) is 52.4 Å². The quantitative estimate of drug-likeness (QED) is 0.0126. The Morgan fingerprint density at radius 2 is 0.384 bits per heavy atom. The molecule has 0 heterocycles. The van der Waals surface area contributed by atoms with Crippen molar-refractivity contribution in [1.82, 2.24) is 41.7 Å². The van der Waals surface area contributed by atoms with Crippen LogP contribution in [0, 0.1) is 0 Å². The second-order valence-electron chi connectivity index (χ2n) is 27.7. The van der Waals surface area contributed by atoms with Gasteiger partial charge in [0, 0.05) is 113 Å². The van der Waals surface area contributed by atoms with E-state index in [9.17, 15) is 0 Å². The van der Waals surface area contributed by atoms with Crippen LogP contribution in [0.1, 0.15) is 158 Å². The summed E-state index contributed by atoms with van der Waals surface area (Å²) in [6.07, 6.45) is 19.8. The molecule has 12 N–H and O–H groups in total. The predicted molar refractivity (Wildman–Crippen MR) is 501 cm³/mol. The maximum atomic E-state index is 8.33. The van der Waals surface area contributed by atoms with Crippen LogP contribution in [0.2, 0.25) is 0 Å². The standard InChI is InChI=1S/2C27H33N7S3.2C16H36N.CH2O3/c2*35-25(31-22-10-4-1-5-11-22)28-16-19-34(20-17-29-26(36)32-23-12-6-2-7-13-23)21-18-30-27(37)33-24-14-8-3-9-15-24;2*1-5-9-13-17(14-10-6-2,15-11-7-3)16-12-8-4;2-1(3)4/h2*1-15H,16-21H2,(H2,28,31,35)(H2,29,32,36)(H2,30,33,37);2*5-16H2,1-4H3;(H2,2,3,4)/q;;2*+1;/p-2. The highest BCUT2D eigenvalue weighted by atomic mass is 32.1. The van der Waals surface area contributed by atoms with Gasteiger partial charge in [-0.25, -0.2) is 0 Å². The number of anilines is 6. The van der Waals surface area contributed by atoms with E-state index in [2.05, 4.69) is 129 Å². The van der Waals surface area contributed by atoms with Gasteiger partial charge in [0.25, 0.3) is 0 Å². The Kier molecular flexibility index (Phi) is 60.2. The van der Waals surface area contributed by atoms with Crippen molar-refractivity contribution in [2.24, 2.45) is 0 Å². The largest absolute Gasteiger partial charge is 0.652 e. The first-order chi connectivity index (χ1) is 54.4. The fourth-order valence-electron chi connectivity index (χ4n) is 12.1. The molecule has 0 aromatic heterocycles. The Labute approximate surface area is 707 Å². The molecule has 25 heteroatoms. The van der Waals surface area contributed by atoms with Gasteiger partial charge in [-0.2, -0.15) is 0 Å². The van der Waals surface area contributed by atoms with Gasteiger partial charge in [-0.1, -0.05) is 216 Å². The van der Waals surface area contributed by atoms with E-state index in [0.717, 1.165) is 73.4 Å². The fourth-order valence-corrected chi connectivity index (χ4v) is 13.4. The molecule has 0 fully saturated rings. The second-order valence-corrected chi connectivity index (χ2v) is 30.2. The summed E-state index contributed by atoms with van der Waals surface area (Å²) in [6.45, 7) is 39.1. The lowest BCUT2D eigenvalue weighted by Crippen LogP contribution is -2.50.